The van der Waals surface area contributed by atoms with Gasteiger partial charge in [-0.15, -0.1) is 0 Å². The molecule has 0 saturated carbocycles. The first-order chi connectivity index (χ1) is 8.25. The minimum atomic E-state index is -0.152. The summed E-state index contributed by atoms with van der Waals surface area (Å²) in [5, 5.41) is 16.1. The van der Waals surface area contributed by atoms with Crippen molar-refractivity contribution in [1.82, 2.24) is 15.1 Å². The van der Waals surface area contributed by atoms with E-state index in [-0.39, 0.29) is 23.8 Å². The van der Waals surface area contributed by atoms with Crippen molar-refractivity contribution in [2.45, 2.75) is 33.1 Å². The van der Waals surface area contributed by atoms with Crippen molar-refractivity contribution < 1.29 is 9.90 Å². The third-order valence-electron chi connectivity index (χ3n) is 2.80. The predicted octanol–water partition coefficient (Wildman–Crippen LogP) is 1.08. The van der Waals surface area contributed by atoms with Gasteiger partial charge in [-0.2, -0.15) is 5.10 Å². The van der Waals surface area contributed by atoms with Gasteiger partial charge in [-0.25, -0.2) is 0 Å². The van der Waals surface area contributed by atoms with Crippen LogP contribution in [0.3, 0.4) is 0 Å². The number of aliphatic hydroxyl groups excluding tert-OH is 1. The van der Waals surface area contributed by atoms with Crippen LogP contribution in [0.2, 0.25) is 0 Å². The molecule has 0 aromatic carbocycles. The molecule has 1 aromatic rings. The molecule has 1 amide bonds. The summed E-state index contributed by atoms with van der Waals surface area (Å²) in [6, 6.07) is 1.82. The molecule has 2 N–H and O–H groups in total. The molecule has 1 rings (SSSR count). The normalized spacial score (nSPS) is 13.4. The van der Waals surface area contributed by atoms with Crippen LogP contribution < -0.4 is 5.32 Å². The van der Waals surface area contributed by atoms with E-state index in [9.17, 15) is 4.79 Å². The first-order valence-corrected chi connectivity index (χ1v) is 6.19. The monoisotopic (exact) mass is 253 g/mol. The molecule has 0 fully saturated rings. The Bertz CT molecular complexity index is 418. The number of hydrogen-bond acceptors (Lipinski definition) is 3. The van der Waals surface area contributed by atoms with Gasteiger partial charge in [0.2, 0.25) is 0 Å². The van der Waals surface area contributed by atoms with Crippen molar-refractivity contribution in [3.63, 3.8) is 0 Å². The smallest absolute Gasteiger partial charge is 0.269 e. The highest BCUT2D eigenvalue weighted by Gasteiger charge is 2.21. The molecule has 0 bridgehead atoms. The summed E-state index contributed by atoms with van der Waals surface area (Å²) in [7, 11) is 1.76. The second-order valence-corrected chi connectivity index (χ2v) is 5.79. The quantitative estimate of drug-likeness (QED) is 0.843. The number of aromatic nitrogens is 2. The van der Waals surface area contributed by atoms with Crippen molar-refractivity contribution in [1.29, 1.82) is 0 Å². The highest BCUT2D eigenvalue weighted by molar-refractivity contribution is 5.92. The number of nitrogens with zero attached hydrogens (tertiary/aromatic N) is 2. The Balaban J connectivity index is 2.78. The van der Waals surface area contributed by atoms with Crippen LogP contribution in [0.5, 0.6) is 0 Å². The van der Waals surface area contributed by atoms with E-state index in [1.54, 1.807) is 11.7 Å². The van der Waals surface area contributed by atoms with Crippen molar-refractivity contribution in [3.05, 3.63) is 17.5 Å². The van der Waals surface area contributed by atoms with Crippen LogP contribution in [0.4, 0.5) is 0 Å². The van der Waals surface area contributed by atoms with Crippen LogP contribution in [0, 0.1) is 5.92 Å². The summed E-state index contributed by atoms with van der Waals surface area (Å²) in [6.45, 7) is 8.59. The van der Waals surface area contributed by atoms with Crippen molar-refractivity contribution in [3.8, 4) is 0 Å². The van der Waals surface area contributed by atoms with E-state index in [4.69, 9.17) is 5.11 Å². The Labute approximate surface area is 108 Å². The number of aliphatic hydroxyl groups is 1. The predicted molar refractivity (Wildman–Crippen MR) is 70.5 cm³/mol. The molecule has 1 heterocycles. The van der Waals surface area contributed by atoms with Crippen molar-refractivity contribution >= 4 is 5.91 Å². The number of carbonyl (C=O) groups is 1. The van der Waals surface area contributed by atoms with Crippen molar-refractivity contribution in [2.75, 3.05) is 13.2 Å². The number of nitrogens with one attached hydrogen (secondary N) is 1. The van der Waals surface area contributed by atoms with Crippen LogP contribution in [-0.2, 0) is 12.5 Å². The summed E-state index contributed by atoms with van der Waals surface area (Å²) >= 11 is 0. The van der Waals surface area contributed by atoms with E-state index in [1.165, 1.54) is 0 Å². The zero-order valence-electron chi connectivity index (χ0n) is 11.8. The van der Waals surface area contributed by atoms with E-state index in [1.807, 2.05) is 13.0 Å². The lowest BCUT2D eigenvalue weighted by molar-refractivity contribution is 0.0933. The molecule has 0 aliphatic carbocycles. The minimum Gasteiger partial charge on any atom is -0.396 e. The van der Waals surface area contributed by atoms with E-state index in [0.29, 0.717) is 12.2 Å². The van der Waals surface area contributed by atoms with Crippen LogP contribution in [0.25, 0.3) is 0 Å². The van der Waals surface area contributed by atoms with Gasteiger partial charge in [0.1, 0.15) is 5.69 Å². The SMILES string of the molecule is CC(CO)CNC(=O)c1cc(C(C)(C)C)nn1C. The summed E-state index contributed by atoms with van der Waals surface area (Å²) in [4.78, 5) is 12.0. The maximum Gasteiger partial charge on any atom is 0.269 e. The highest BCUT2D eigenvalue weighted by atomic mass is 16.3. The highest BCUT2D eigenvalue weighted by Crippen LogP contribution is 2.21. The standard InChI is InChI=1S/C13H23N3O2/c1-9(8-17)7-14-12(18)10-6-11(13(2,3)4)15-16(10)5/h6,9,17H,7-8H2,1-5H3,(H,14,18). The topological polar surface area (TPSA) is 67.2 Å². The van der Waals surface area contributed by atoms with Gasteiger partial charge in [-0.05, 0) is 12.0 Å². The summed E-state index contributed by atoms with van der Waals surface area (Å²) in [6.07, 6.45) is 0. The van der Waals surface area contributed by atoms with Gasteiger partial charge in [-0.3, -0.25) is 9.48 Å². The second kappa shape index (κ2) is 5.52. The van der Waals surface area contributed by atoms with Crippen molar-refractivity contribution in [2.24, 2.45) is 13.0 Å². The molecule has 0 radical (unpaired) electrons. The van der Waals surface area contributed by atoms with Gasteiger partial charge < -0.3 is 10.4 Å². The van der Waals surface area contributed by atoms with Crippen LogP contribution in [0.15, 0.2) is 6.07 Å². The molecule has 0 aliphatic heterocycles. The fraction of sp³-hybridized carbons (Fsp3) is 0.692. The van der Waals surface area contributed by atoms with Crippen LogP contribution >= 0.6 is 0 Å². The number of carbonyl (C=O) groups excluding carboxylic acids is 1. The largest absolute Gasteiger partial charge is 0.396 e. The average Bonchev–Trinajstić information content (AvgIpc) is 2.67. The molecule has 0 spiro atoms. The second-order valence-electron chi connectivity index (χ2n) is 5.79. The third kappa shape index (κ3) is 3.57. The lowest BCUT2D eigenvalue weighted by Crippen LogP contribution is -2.30. The van der Waals surface area contributed by atoms with Crippen LogP contribution in [-0.4, -0.2) is 33.9 Å². The number of rotatable bonds is 4. The van der Waals surface area contributed by atoms with Gasteiger partial charge in [0.05, 0.1) is 5.69 Å². The van der Waals surface area contributed by atoms with Gasteiger partial charge in [-0.1, -0.05) is 27.7 Å². The van der Waals surface area contributed by atoms with E-state index in [2.05, 4.69) is 31.2 Å². The molecular weight excluding hydrogens is 230 g/mol. The summed E-state index contributed by atoms with van der Waals surface area (Å²) in [5.41, 5.74) is 1.37. The molecule has 0 saturated heterocycles. The summed E-state index contributed by atoms with van der Waals surface area (Å²) < 4.78 is 1.60. The Morgan fingerprint density at radius 1 is 1.56 bits per heavy atom. The maximum absolute atomic E-state index is 12.0. The number of aryl methyl sites for hydroxylation is 1. The van der Waals surface area contributed by atoms with Gasteiger partial charge in [0.25, 0.3) is 5.91 Å². The first kappa shape index (κ1) is 14.7. The molecule has 1 atom stereocenters. The molecule has 5 heteroatoms. The Kier molecular flexibility index (Phi) is 4.51. The summed E-state index contributed by atoms with van der Waals surface area (Å²) in [5.74, 6) is -0.0925. The fourth-order valence-electron chi connectivity index (χ4n) is 1.47. The Morgan fingerprint density at radius 3 is 2.61 bits per heavy atom. The Hall–Kier alpha value is -1.36. The molecule has 18 heavy (non-hydrogen) atoms. The van der Waals surface area contributed by atoms with Crippen LogP contribution in [0.1, 0.15) is 43.9 Å². The number of amides is 1. The van der Waals surface area contributed by atoms with E-state index >= 15 is 0 Å². The molecule has 5 nitrogen and oxygen atoms in total. The zero-order valence-corrected chi connectivity index (χ0v) is 11.8. The lowest BCUT2D eigenvalue weighted by atomic mass is 9.92. The molecule has 102 valence electrons. The molecular formula is C13H23N3O2. The van der Waals surface area contributed by atoms with Gasteiger partial charge in [0.15, 0.2) is 0 Å². The fourth-order valence-corrected chi connectivity index (χ4v) is 1.47. The molecule has 0 aliphatic rings. The molecule has 1 aromatic heterocycles. The van der Waals surface area contributed by atoms with E-state index in [0.717, 1.165) is 5.69 Å². The first-order valence-electron chi connectivity index (χ1n) is 6.19. The number of hydrogen-bond donors (Lipinski definition) is 2. The third-order valence-corrected chi connectivity index (χ3v) is 2.80. The average molecular weight is 253 g/mol. The van der Waals surface area contributed by atoms with Gasteiger partial charge >= 0.3 is 0 Å². The van der Waals surface area contributed by atoms with E-state index < -0.39 is 0 Å². The maximum atomic E-state index is 12.0. The van der Waals surface area contributed by atoms with Gasteiger partial charge in [0, 0.05) is 25.6 Å². The lowest BCUT2D eigenvalue weighted by Gasteiger charge is -2.13. The molecule has 1 unspecified atom stereocenters. The minimum absolute atomic E-state index is 0.0595. The zero-order chi connectivity index (χ0) is 13.9. The Morgan fingerprint density at radius 2 is 2.17 bits per heavy atom.